The molecule has 10 heavy (non-hydrogen) atoms. The monoisotopic (exact) mass is 327 g/mol. The molecule has 0 aliphatic carbocycles. The van der Waals surface area contributed by atoms with E-state index >= 15 is 0 Å². The summed E-state index contributed by atoms with van der Waals surface area (Å²) in [6, 6.07) is 3.90. The second-order valence-electron chi connectivity index (χ2n) is 1.71. The molecule has 0 saturated heterocycles. The molecule has 0 atom stereocenters. The summed E-state index contributed by atoms with van der Waals surface area (Å²) in [4.78, 5) is 4.00. The van der Waals surface area contributed by atoms with Crippen LogP contribution in [-0.2, 0) is 0 Å². The summed E-state index contributed by atoms with van der Waals surface area (Å²) in [5.41, 5.74) is 1.15. The normalized spacial score (nSPS) is 10.4. The Morgan fingerprint density at radius 1 is 1.40 bits per heavy atom. The van der Waals surface area contributed by atoms with Crippen molar-refractivity contribution < 1.29 is 0 Å². The fourth-order valence-corrected chi connectivity index (χ4v) is 1.51. The lowest BCUT2D eigenvalue weighted by Crippen LogP contribution is -1.81. The van der Waals surface area contributed by atoms with Gasteiger partial charge in [0.25, 0.3) is 0 Å². The van der Waals surface area contributed by atoms with Gasteiger partial charge in [-0.15, -0.1) is 0 Å². The minimum Gasteiger partial charge on any atom is -0.249 e. The van der Waals surface area contributed by atoms with Gasteiger partial charge < -0.3 is 0 Å². The molecule has 1 aromatic heterocycles. The zero-order valence-electron chi connectivity index (χ0n) is 4.89. The van der Waals surface area contributed by atoms with Crippen molar-refractivity contribution in [3.8, 4) is 0 Å². The topological polar surface area (TPSA) is 12.9 Å². The van der Waals surface area contributed by atoms with Gasteiger partial charge in [-0.1, -0.05) is 31.9 Å². The maximum Gasteiger partial charge on any atom is 0.106 e. The molecule has 0 saturated carbocycles. The van der Waals surface area contributed by atoms with E-state index in [1.165, 1.54) is 0 Å². The van der Waals surface area contributed by atoms with Gasteiger partial charge >= 0.3 is 0 Å². The summed E-state index contributed by atoms with van der Waals surface area (Å²) in [7, 11) is 0. The third-order valence-electron chi connectivity index (χ3n) is 1.00. The van der Waals surface area contributed by atoms with Crippen LogP contribution in [0.3, 0.4) is 0 Å². The lowest BCUT2D eigenvalue weighted by atomic mass is 10.3. The van der Waals surface area contributed by atoms with E-state index in [1.54, 1.807) is 6.20 Å². The van der Waals surface area contributed by atoms with Gasteiger partial charge in [0.2, 0.25) is 0 Å². The van der Waals surface area contributed by atoms with Crippen LogP contribution in [0.4, 0.5) is 0 Å². The number of aromatic nitrogens is 1. The van der Waals surface area contributed by atoms with E-state index in [-0.39, 0.29) is 3.74 Å². The van der Waals surface area contributed by atoms with Crippen LogP contribution in [0.1, 0.15) is 9.30 Å². The average Bonchev–Trinajstić information content (AvgIpc) is 1.88. The molecule has 0 bridgehead atoms. The smallest absolute Gasteiger partial charge is 0.106 e. The first-order valence-electron chi connectivity index (χ1n) is 2.60. The van der Waals surface area contributed by atoms with Crippen LogP contribution < -0.4 is 0 Å². The summed E-state index contributed by atoms with van der Waals surface area (Å²) < 4.78 is 1.06. The van der Waals surface area contributed by atoms with Crippen LogP contribution in [0.2, 0.25) is 0 Å². The first kappa shape index (κ1) is 8.68. The lowest BCUT2D eigenvalue weighted by molar-refractivity contribution is 1.23. The van der Waals surface area contributed by atoms with E-state index in [0.717, 1.165) is 10.2 Å². The first-order chi connectivity index (χ1) is 4.70. The van der Waals surface area contributed by atoms with Crippen LogP contribution in [-0.4, -0.2) is 4.98 Å². The molecule has 0 fully saturated rings. The molecule has 1 heterocycles. The van der Waals surface area contributed by atoms with Gasteiger partial charge in [0.05, 0.1) is 3.74 Å². The summed E-state index contributed by atoms with van der Waals surface area (Å²) in [6.07, 6.45) is 1.76. The summed E-state index contributed by atoms with van der Waals surface area (Å²) in [5.74, 6) is 0. The molecule has 4 heteroatoms. The van der Waals surface area contributed by atoms with E-state index in [4.69, 9.17) is 0 Å². The number of hydrogen-bond donors (Lipinski definition) is 0. The van der Waals surface area contributed by atoms with Crippen molar-refractivity contribution in [3.05, 3.63) is 28.5 Å². The Hall–Kier alpha value is 0.590. The predicted octanol–water partition coefficient (Wildman–Crippen LogP) is 3.63. The number of pyridine rings is 1. The number of hydrogen-bond acceptors (Lipinski definition) is 1. The van der Waals surface area contributed by atoms with E-state index in [0.29, 0.717) is 0 Å². The molecular formula is C6H4Br3N. The highest BCUT2D eigenvalue weighted by Gasteiger charge is 2.01. The molecule has 0 spiro atoms. The van der Waals surface area contributed by atoms with Crippen molar-refractivity contribution in [1.82, 2.24) is 4.98 Å². The lowest BCUT2D eigenvalue weighted by Gasteiger charge is -1.99. The number of nitrogens with zero attached hydrogens (tertiary/aromatic N) is 1. The minimum absolute atomic E-state index is 0.208. The Kier molecular flexibility index (Phi) is 3.33. The number of rotatable bonds is 1. The van der Waals surface area contributed by atoms with E-state index in [9.17, 15) is 0 Å². The van der Waals surface area contributed by atoms with Crippen molar-refractivity contribution >= 4 is 47.8 Å². The molecule has 1 aromatic rings. The first-order valence-corrected chi connectivity index (χ1v) is 5.22. The largest absolute Gasteiger partial charge is 0.249 e. The van der Waals surface area contributed by atoms with Crippen LogP contribution >= 0.6 is 47.8 Å². The fourth-order valence-electron chi connectivity index (χ4n) is 0.553. The summed E-state index contributed by atoms with van der Waals surface area (Å²) in [6.45, 7) is 0. The number of alkyl halides is 2. The maximum absolute atomic E-state index is 4.00. The Morgan fingerprint density at radius 3 is 2.50 bits per heavy atom. The molecule has 1 nitrogen and oxygen atoms in total. The zero-order chi connectivity index (χ0) is 7.56. The van der Waals surface area contributed by atoms with E-state index < -0.39 is 0 Å². The van der Waals surface area contributed by atoms with Crippen molar-refractivity contribution in [2.45, 2.75) is 3.74 Å². The van der Waals surface area contributed by atoms with Gasteiger partial charge in [-0.2, -0.15) is 0 Å². The van der Waals surface area contributed by atoms with Gasteiger partial charge in [0, 0.05) is 6.20 Å². The molecule has 0 amide bonds. The third kappa shape index (κ3) is 2.32. The zero-order valence-corrected chi connectivity index (χ0v) is 9.65. The maximum atomic E-state index is 4.00. The highest BCUT2D eigenvalue weighted by atomic mass is 79.9. The molecule has 1 rings (SSSR count). The van der Waals surface area contributed by atoms with Gasteiger partial charge in [-0.25, -0.2) is 4.98 Å². The molecule has 0 aliphatic rings. The van der Waals surface area contributed by atoms with Crippen molar-refractivity contribution in [2.24, 2.45) is 0 Å². The molecule has 0 aromatic carbocycles. The molecule has 0 unspecified atom stereocenters. The highest BCUT2D eigenvalue weighted by molar-refractivity contribution is 9.24. The summed E-state index contributed by atoms with van der Waals surface area (Å²) >= 11 is 10.0. The van der Waals surface area contributed by atoms with E-state index in [2.05, 4.69) is 52.8 Å². The predicted molar refractivity (Wildman–Crippen MR) is 52.5 cm³/mol. The van der Waals surface area contributed by atoms with Gasteiger partial charge in [-0.3, -0.25) is 0 Å². The highest BCUT2D eigenvalue weighted by Crippen LogP contribution is 2.29. The van der Waals surface area contributed by atoms with Gasteiger partial charge in [0.15, 0.2) is 0 Å². The Bertz CT molecular complexity index is 224. The average molecular weight is 330 g/mol. The fraction of sp³-hybridized carbons (Fsp3) is 0.167. The second-order valence-corrected chi connectivity index (χ2v) is 5.59. The molecule has 54 valence electrons. The third-order valence-corrected chi connectivity index (χ3v) is 2.49. The standard InChI is InChI=1S/C6H4Br3N/c7-5-3-4(6(8)9)1-2-10-5/h1-3,6H. The Labute approximate surface area is 84.6 Å². The molecule has 0 aliphatic heterocycles. The van der Waals surface area contributed by atoms with Crippen molar-refractivity contribution in [1.29, 1.82) is 0 Å². The molecular weight excluding hydrogens is 326 g/mol. The Morgan fingerprint density at radius 2 is 2.10 bits per heavy atom. The van der Waals surface area contributed by atoms with Crippen LogP contribution in [0, 0.1) is 0 Å². The van der Waals surface area contributed by atoms with Crippen LogP contribution in [0.5, 0.6) is 0 Å². The quantitative estimate of drug-likeness (QED) is 0.566. The van der Waals surface area contributed by atoms with Crippen LogP contribution in [0.25, 0.3) is 0 Å². The molecule has 0 N–H and O–H groups in total. The minimum atomic E-state index is 0.208. The van der Waals surface area contributed by atoms with E-state index in [1.807, 2.05) is 12.1 Å². The Balaban J connectivity index is 2.96. The van der Waals surface area contributed by atoms with Crippen LogP contribution in [0.15, 0.2) is 22.9 Å². The summed E-state index contributed by atoms with van der Waals surface area (Å²) in [5, 5.41) is 0. The van der Waals surface area contributed by atoms with Gasteiger partial charge in [-0.05, 0) is 33.6 Å². The molecule has 0 radical (unpaired) electrons. The van der Waals surface area contributed by atoms with Crippen molar-refractivity contribution in [2.75, 3.05) is 0 Å². The van der Waals surface area contributed by atoms with Crippen molar-refractivity contribution in [3.63, 3.8) is 0 Å². The van der Waals surface area contributed by atoms with Gasteiger partial charge in [0.1, 0.15) is 4.60 Å². The SMILES string of the molecule is Brc1cc(C(Br)Br)ccn1. The number of halogens is 3. The second kappa shape index (κ2) is 3.83.